The highest BCUT2D eigenvalue weighted by atomic mass is 16.3. The summed E-state index contributed by atoms with van der Waals surface area (Å²) in [5.41, 5.74) is 1.02. The van der Waals surface area contributed by atoms with Crippen LogP contribution < -0.4 is 5.32 Å². The third-order valence-electron chi connectivity index (χ3n) is 3.93. The molecule has 1 aliphatic carbocycles. The number of carbonyl (C=O) groups is 1. The summed E-state index contributed by atoms with van der Waals surface area (Å²) in [5.74, 6) is 1.15. The van der Waals surface area contributed by atoms with Crippen LogP contribution in [-0.2, 0) is 11.3 Å². The van der Waals surface area contributed by atoms with Crippen LogP contribution in [0.5, 0.6) is 5.75 Å². The molecule has 2 rings (SSSR count). The summed E-state index contributed by atoms with van der Waals surface area (Å²) in [7, 11) is 0. The molecule has 0 heterocycles. The average Bonchev–Trinajstić information content (AvgIpc) is 2.45. The summed E-state index contributed by atoms with van der Waals surface area (Å²) in [4.78, 5) is 11.8. The van der Waals surface area contributed by atoms with Gasteiger partial charge in [-0.1, -0.05) is 44.2 Å². The largest absolute Gasteiger partial charge is 0.508 e. The van der Waals surface area contributed by atoms with Crippen LogP contribution in [0.4, 0.5) is 0 Å². The Bertz CT molecular complexity index is 394. The van der Waals surface area contributed by atoms with E-state index in [-0.39, 0.29) is 11.7 Å². The summed E-state index contributed by atoms with van der Waals surface area (Å²) >= 11 is 0. The number of amides is 1. The normalized spacial score (nSPS) is 16.2. The van der Waals surface area contributed by atoms with Crippen LogP contribution in [-0.4, -0.2) is 11.0 Å². The zero-order valence-corrected chi connectivity index (χ0v) is 11.4. The van der Waals surface area contributed by atoms with E-state index < -0.39 is 0 Å². The maximum Gasteiger partial charge on any atom is 0.220 e. The molecule has 0 bridgehead atoms. The number of hydrogen-bond donors (Lipinski definition) is 2. The van der Waals surface area contributed by atoms with Crippen LogP contribution in [0.1, 0.15) is 50.5 Å². The van der Waals surface area contributed by atoms with Crippen molar-refractivity contribution in [1.82, 2.24) is 5.32 Å². The van der Waals surface area contributed by atoms with Crippen molar-refractivity contribution in [1.29, 1.82) is 0 Å². The second kappa shape index (κ2) is 7.17. The van der Waals surface area contributed by atoms with Crippen molar-refractivity contribution >= 4 is 5.91 Å². The molecule has 2 N–H and O–H groups in total. The molecule has 104 valence electrons. The molecule has 0 unspecified atom stereocenters. The number of benzene rings is 1. The van der Waals surface area contributed by atoms with Crippen LogP contribution in [0.2, 0.25) is 0 Å². The number of rotatable bonds is 5. The van der Waals surface area contributed by atoms with Crippen molar-refractivity contribution in [2.45, 2.75) is 51.5 Å². The molecule has 1 amide bonds. The fourth-order valence-corrected chi connectivity index (χ4v) is 2.71. The summed E-state index contributed by atoms with van der Waals surface area (Å²) < 4.78 is 0. The lowest BCUT2D eigenvalue weighted by Crippen LogP contribution is -2.23. The Balaban J connectivity index is 1.65. The predicted molar refractivity (Wildman–Crippen MR) is 75.8 cm³/mol. The fourth-order valence-electron chi connectivity index (χ4n) is 2.71. The van der Waals surface area contributed by atoms with E-state index in [0.717, 1.165) is 17.9 Å². The molecule has 0 spiro atoms. The zero-order chi connectivity index (χ0) is 13.5. The Labute approximate surface area is 115 Å². The standard InChI is InChI=1S/C16H23NO2/c18-15-9-6-14(7-10-15)12-17-16(19)11-8-13-4-2-1-3-5-13/h6-7,9-10,13,18H,1-5,8,11-12H2,(H,17,19). The molecular formula is C16H23NO2. The van der Waals surface area contributed by atoms with E-state index in [4.69, 9.17) is 0 Å². The van der Waals surface area contributed by atoms with E-state index in [1.54, 1.807) is 12.1 Å². The van der Waals surface area contributed by atoms with Crippen molar-refractivity contribution in [3.05, 3.63) is 29.8 Å². The molecule has 0 aliphatic heterocycles. The second-order valence-electron chi connectivity index (χ2n) is 5.49. The van der Waals surface area contributed by atoms with Gasteiger partial charge in [0.15, 0.2) is 0 Å². The van der Waals surface area contributed by atoms with Gasteiger partial charge < -0.3 is 10.4 Å². The third-order valence-corrected chi connectivity index (χ3v) is 3.93. The molecular weight excluding hydrogens is 238 g/mol. The molecule has 0 aromatic heterocycles. The number of aromatic hydroxyl groups is 1. The lowest BCUT2D eigenvalue weighted by molar-refractivity contribution is -0.121. The van der Waals surface area contributed by atoms with Gasteiger partial charge in [0.05, 0.1) is 0 Å². The molecule has 3 nitrogen and oxygen atoms in total. The van der Waals surface area contributed by atoms with Crippen molar-refractivity contribution in [2.24, 2.45) is 5.92 Å². The Kier molecular flexibility index (Phi) is 5.25. The van der Waals surface area contributed by atoms with Gasteiger partial charge >= 0.3 is 0 Å². The first-order chi connectivity index (χ1) is 9.24. The van der Waals surface area contributed by atoms with Gasteiger partial charge in [-0.2, -0.15) is 0 Å². The zero-order valence-electron chi connectivity index (χ0n) is 11.4. The number of carbonyl (C=O) groups excluding carboxylic acids is 1. The van der Waals surface area contributed by atoms with E-state index >= 15 is 0 Å². The first-order valence-electron chi connectivity index (χ1n) is 7.28. The predicted octanol–water partition coefficient (Wildman–Crippen LogP) is 3.37. The van der Waals surface area contributed by atoms with Crippen molar-refractivity contribution in [3.8, 4) is 5.75 Å². The molecule has 1 fully saturated rings. The van der Waals surface area contributed by atoms with Crippen LogP contribution in [0.3, 0.4) is 0 Å². The quantitative estimate of drug-likeness (QED) is 0.853. The lowest BCUT2D eigenvalue weighted by Gasteiger charge is -2.20. The first-order valence-corrected chi connectivity index (χ1v) is 7.28. The molecule has 19 heavy (non-hydrogen) atoms. The number of nitrogens with one attached hydrogen (secondary N) is 1. The van der Waals surface area contributed by atoms with E-state index in [2.05, 4.69) is 5.32 Å². The molecule has 1 aromatic rings. The minimum Gasteiger partial charge on any atom is -0.508 e. The SMILES string of the molecule is O=C(CCC1CCCCC1)NCc1ccc(O)cc1. The van der Waals surface area contributed by atoms with Crippen molar-refractivity contribution < 1.29 is 9.90 Å². The van der Waals surface area contributed by atoms with Crippen LogP contribution in [0.25, 0.3) is 0 Å². The van der Waals surface area contributed by atoms with Crippen LogP contribution in [0.15, 0.2) is 24.3 Å². The Morgan fingerprint density at radius 3 is 2.53 bits per heavy atom. The van der Waals surface area contributed by atoms with E-state index in [1.807, 2.05) is 12.1 Å². The van der Waals surface area contributed by atoms with Crippen LogP contribution in [0, 0.1) is 5.92 Å². The first kappa shape index (κ1) is 13.9. The van der Waals surface area contributed by atoms with Crippen molar-refractivity contribution in [3.63, 3.8) is 0 Å². The van der Waals surface area contributed by atoms with Crippen molar-refractivity contribution in [2.75, 3.05) is 0 Å². The average molecular weight is 261 g/mol. The fraction of sp³-hybridized carbons (Fsp3) is 0.562. The Hall–Kier alpha value is -1.51. The molecule has 1 aromatic carbocycles. The molecule has 1 saturated carbocycles. The highest BCUT2D eigenvalue weighted by molar-refractivity contribution is 5.75. The molecule has 0 atom stereocenters. The minimum atomic E-state index is 0.138. The van der Waals surface area contributed by atoms with Gasteiger partial charge in [-0.15, -0.1) is 0 Å². The third kappa shape index (κ3) is 4.93. The van der Waals surface area contributed by atoms with E-state index in [1.165, 1.54) is 32.1 Å². The second-order valence-corrected chi connectivity index (χ2v) is 5.49. The van der Waals surface area contributed by atoms with Gasteiger partial charge in [0, 0.05) is 13.0 Å². The summed E-state index contributed by atoms with van der Waals surface area (Å²) in [6.07, 6.45) is 8.30. The van der Waals surface area contributed by atoms with Gasteiger partial charge in [-0.05, 0) is 30.0 Å². The molecule has 1 aliphatic rings. The maximum atomic E-state index is 11.8. The Morgan fingerprint density at radius 2 is 1.84 bits per heavy atom. The molecule has 3 heteroatoms. The lowest BCUT2D eigenvalue weighted by atomic mass is 9.86. The van der Waals surface area contributed by atoms with E-state index in [9.17, 15) is 9.90 Å². The van der Waals surface area contributed by atoms with Gasteiger partial charge in [0.1, 0.15) is 5.75 Å². The summed E-state index contributed by atoms with van der Waals surface area (Å²) in [6.45, 7) is 0.545. The van der Waals surface area contributed by atoms with Gasteiger partial charge in [0.25, 0.3) is 0 Å². The van der Waals surface area contributed by atoms with Gasteiger partial charge in [0.2, 0.25) is 5.91 Å². The van der Waals surface area contributed by atoms with E-state index in [0.29, 0.717) is 13.0 Å². The topological polar surface area (TPSA) is 49.3 Å². The number of hydrogen-bond acceptors (Lipinski definition) is 2. The monoisotopic (exact) mass is 261 g/mol. The summed E-state index contributed by atoms with van der Waals surface area (Å²) in [5, 5.41) is 12.1. The van der Waals surface area contributed by atoms with Gasteiger partial charge in [-0.3, -0.25) is 4.79 Å². The molecule has 0 saturated heterocycles. The minimum absolute atomic E-state index is 0.138. The maximum absolute atomic E-state index is 11.8. The number of phenols is 1. The number of phenolic OH excluding ortho intramolecular Hbond substituents is 1. The van der Waals surface area contributed by atoms with Gasteiger partial charge in [-0.25, -0.2) is 0 Å². The highest BCUT2D eigenvalue weighted by Gasteiger charge is 2.14. The smallest absolute Gasteiger partial charge is 0.220 e. The molecule has 0 radical (unpaired) electrons. The highest BCUT2D eigenvalue weighted by Crippen LogP contribution is 2.27. The van der Waals surface area contributed by atoms with Crippen LogP contribution >= 0.6 is 0 Å². The Morgan fingerprint density at radius 1 is 1.16 bits per heavy atom. The summed E-state index contributed by atoms with van der Waals surface area (Å²) in [6, 6.07) is 6.94.